The van der Waals surface area contributed by atoms with Gasteiger partial charge in [-0.1, -0.05) is 28.1 Å². The molecule has 6 nitrogen and oxygen atoms in total. The Labute approximate surface area is 125 Å². The molecule has 1 aromatic heterocycles. The molecular formula is C12H15BrN4O2S. The normalized spacial score (nSPS) is 11.8. The number of aromatic amines is 1. The molecule has 0 radical (unpaired) electrons. The monoisotopic (exact) mass is 358 g/mol. The van der Waals surface area contributed by atoms with Crippen LogP contribution in [-0.4, -0.2) is 18.6 Å². The number of aromatic nitrogens is 2. The van der Waals surface area contributed by atoms with Crippen molar-refractivity contribution >= 4 is 26.0 Å². The first kappa shape index (κ1) is 15.2. The number of nitrogens with zero attached hydrogens (tertiary/aromatic N) is 1. The van der Waals surface area contributed by atoms with Crippen molar-refractivity contribution in [2.45, 2.75) is 24.9 Å². The first-order chi connectivity index (χ1) is 9.44. The molecule has 0 bridgehead atoms. The first-order valence-electron chi connectivity index (χ1n) is 5.92. The van der Waals surface area contributed by atoms with E-state index >= 15 is 0 Å². The predicted octanol–water partition coefficient (Wildman–Crippen LogP) is 1.42. The summed E-state index contributed by atoms with van der Waals surface area (Å²) in [6.07, 6.45) is 0. The van der Waals surface area contributed by atoms with Gasteiger partial charge in [-0.05, 0) is 24.6 Å². The van der Waals surface area contributed by atoms with Crippen molar-refractivity contribution in [3.63, 3.8) is 0 Å². The Morgan fingerprint density at radius 2 is 2.20 bits per heavy atom. The summed E-state index contributed by atoms with van der Waals surface area (Å²) in [5.74, 6) is 0. The molecule has 4 N–H and O–H groups in total. The molecule has 0 aliphatic carbocycles. The van der Waals surface area contributed by atoms with Crippen LogP contribution in [0.4, 0.5) is 0 Å². The maximum atomic E-state index is 12.3. The van der Waals surface area contributed by atoms with Gasteiger partial charge in [0.1, 0.15) is 4.90 Å². The molecular weight excluding hydrogens is 344 g/mol. The zero-order chi connectivity index (χ0) is 14.8. The van der Waals surface area contributed by atoms with Crippen LogP contribution in [0.2, 0.25) is 0 Å². The van der Waals surface area contributed by atoms with E-state index < -0.39 is 10.0 Å². The van der Waals surface area contributed by atoms with Crippen molar-refractivity contribution in [1.29, 1.82) is 0 Å². The third kappa shape index (κ3) is 3.26. The van der Waals surface area contributed by atoms with Gasteiger partial charge in [0, 0.05) is 17.6 Å². The Hall–Kier alpha value is -1.22. The number of halogens is 1. The lowest BCUT2D eigenvalue weighted by atomic mass is 10.2. The number of hydrogen-bond acceptors (Lipinski definition) is 4. The highest BCUT2D eigenvalue weighted by Crippen LogP contribution is 2.18. The maximum Gasteiger partial charge on any atom is 0.244 e. The van der Waals surface area contributed by atoms with Gasteiger partial charge in [0.15, 0.2) is 0 Å². The standard InChI is InChI=1S/C12H15BrN4O2S/c1-8-12(11(6-14)17-16-8)20(18,19)15-7-9-3-2-4-10(13)5-9/h2-5,15H,6-7,14H2,1H3,(H,16,17). The van der Waals surface area contributed by atoms with Crippen molar-refractivity contribution in [3.8, 4) is 0 Å². The third-order valence-corrected chi connectivity index (χ3v) is 4.88. The minimum atomic E-state index is -3.64. The van der Waals surface area contributed by atoms with Crippen LogP contribution >= 0.6 is 15.9 Å². The molecule has 0 atom stereocenters. The van der Waals surface area contributed by atoms with Crippen LogP contribution in [0.25, 0.3) is 0 Å². The number of benzene rings is 1. The average molecular weight is 359 g/mol. The number of aryl methyl sites for hydroxylation is 1. The molecule has 0 amide bonds. The van der Waals surface area contributed by atoms with Gasteiger partial charge in [-0.2, -0.15) is 5.10 Å². The van der Waals surface area contributed by atoms with E-state index in [4.69, 9.17) is 5.73 Å². The Kier molecular flexibility index (Phi) is 4.59. The molecule has 20 heavy (non-hydrogen) atoms. The number of nitrogens with one attached hydrogen (secondary N) is 2. The van der Waals surface area contributed by atoms with Gasteiger partial charge in [0.25, 0.3) is 0 Å². The van der Waals surface area contributed by atoms with Gasteiger partial charge in [-0.3, -0.25) is 5.10 Å². The summed E-state index contributed by atoms with van der Waals surface area (Å²) in [5, 5.41) is 6.54. The highest BCUT2D eigenvalue weighted by Gasteiger charge is 2.23. The Bertz CT molecular complexity index is 712. The van der Waals surface area contributed by atoms with Crippen LogP contribution in [-0.2, 0) is 23.1 Å². The third-order valence-electron chi connectivity index (χ3n) is 2.78. The highest BCUT2D eigenvalue weighted by atomic mass is 79.9. The van der Waals surface area contributed by atoms with E-state index in [2.05, 4.69) is 30.8 Å². The lowest BCUT2D eigenvalue weighted by Crippen LogP contribution is -2.25. The van der Waals surface area contributed by atoms with Gasteiger partial charge >= 0.3 is 0 Å². The summed E-state index contributed by atoms with van der Waals surface area (Å²) < 4.78 is 28.1. The summed E-state index contributed by atoms with van der Waals surface area (Å²) in [5.41, 5.74) is 7.18. The zero-order valence-corrected chi connectivity index (χ0v) is 13.3. The molecule has 0 spiro atoms. The van der Waals surface area contributed by atoms with Crippen LogP contribution in [0.1, 0.15) is 17.0 Å². The molecule has 108 valence electrons. The summed E-state index contributed by atoms with van der Waals surface area (Å²) in [4.78, 5) is 0.134. The van der Waals surface area contributed by atoms with Crippen molar-refractivity contribution in [2.24, 2.45) is 5.73 Å². The second-order valence-electron chi connectivity index (χ2n) is 4.28. The fourth-order valence-electron chi connectivity index (χ4n) is 1.86. The van der Waals surface area contributed by atoms with Crippen LogP contribution in [0, 0.1) is 6.92 Å². The molecule has 0 saturated carbocycles. The summed E-state index contributed by atoms with van der Waals surface area (Å²) in [6.45, 7) is 1.92. The molecule has 8 heteroatoms. The van der Waals surface area contributed by atoms with E-state index in [9.17, 15) is 8.42 Å². The highest BCUT2D eigenvalue weighted by molar-refractivity contribution is 9.10. The first-order valence-corrected chi connectivity index (χ1v) is 8.19. The fourth-order valence-corrected chi connectivity index (χ4v) is 3.70. The topological polar surface area (TPSA) is 101 Å². The Morgan fingerprint density at radius 1 is 1.45 bits per heavy atom. The summed E-state index contributed by atoms with van der Waals surface area (Å²) >= 11 is 3.35. The quantitative estimate of drug-likeness (QED) is 0.752. The molecule has 0 aliphatic heterocycles. The smallest absolute Gasteiger partial charge is 0.244 e. The van der Waals surface area contributed by atoms with Gasteiger partial charge < -0.3 is 5.73 Å². The van der Waals surface area contributed by atoms with E-state index in [0.717, 1.165) is 10.0 Å². The maximum absolute atomic E-state index is 12.3. The van der Waals surface area contributed by atoms with Crippen LogP contribution in [0.15, 0.2) is 33.6 Å². The van der Waals surface area contributed by atoms with E-state index in [0.29, 0.717) is 11.4 Å². The van der Waals surface area contributed by atoms with E-state index in [1.165, 1.54) is 0 Å². The van der Waals surface area contributed by atoms with E-state index in [1.54, 1.807) is 6.92 Å². The molecule has 0 saturated heterocycles. The number of H-pyrrole nitrogens is 1. The number of nitrogens with two attached hydrogens (primary N) is 1. The molecule has 0 unspecified atom stereocenters. The summed E-state index contributed by atoms with van der Waals surface area (Å²) in [6, 6.07) is 7.43. The number of hydrogen-bond donors (Lipinski definition) is 3. The Morgan fingerprint density at radius 3 is 2.85 bits per heavy atom. The number of rotatable bonds is 5. The molecule has 1 heterocycles. The molecule has 2 rings (SSSR count). The van der Waals surface area contributed by atoms with Crippen LogP contribution in [0.3, 0.4) is 0 Å². The molecule has 0 fully saturated rings. The lowest BCUT2D eigenvalue weighted by molar-refractivity contribution is 0.579. The largest absolute Gasteiger partial charge is 0.325 e. The SMILES string of the molecule is Cc1[nH]nc(CN)c1S(=O)(=O)NCc1cccc(Br)c1. The van der Waals surface area contributed by atoms with Crippen molar-refractivity contribution in [3.05, 3.63) is 45.7 Å². The second kappa shape index (κ2) is 6.04. The second-order valence-corrected chi connectivity index (χ2v) is 6.90. The molecule has 1 aromatic carbocycles. The van der Waals surface area contributed by atoms with E-state index in [1.807, 2.05) is 24.3 Å². The van der Waals surface area contributed by atoms with Crippen molar-refractivity contribution in [1.82, 2.24) is 14.9 Å². The molecule has 0 aliphatic rings. The molecule has 2 aromatic rings. The van der Waals surface area contributed by atoms with Crippen LogP contribution < -0.4 is 10.5 Å². The number of sulfonamides is 1. The minimum absolute atomic E-state index is 0.0669. The summed E-state index contributed by atoms with van der Waals surface area (Å²) in [7, 11) is -3.64. The Balaban J connectivity index is 2.21. The predicted molar refractivity (Wildman–Crippen MR) is 79.4 cm³/mol. The minimum Gasteiger partial charge on any atom is -0.325 e. The van der Waals surface area contributed by atoms with Crippen LogP contribution in [0.5, 0.6) is 0 Å². The van der Waals surface area contributed by atoms with E-state index in [-0.39, 0.29) is 18.0 Å². The fraction of sp³-hybridized carbons (Fsp3) is 0.250. The van der Waals surface area contributed by atoms with Gasteiger partial charge in [-0.25, -0.2) is 13.1 Å². The van der Waals surface area contributed by atoms with Crippen molar-refractivity contribution in [2.75, 3.05) is 0 Å². The van der Waals surface area contributed by atoms with Gasteiger partial charge in [-0.15, -0.1) is 0 Å². The zero-order valence-electron chi connectivity index (χ0n) is 10.9. The lowest BCUT2D eigenvalue weighted by Gasteiger charge is -2.08. The van der Waals surface area contributed by atoms with Gasteiger partial charge in [0.2, 0.25) is 10.0 Å². The van der Waals surface area contributed by atoms with Crippen molar-refractivity contribution < 1.29 is 8.42 Å². The average Bonchev–Trinajstić information content (AvgIpc) is 2.78. The van der Waals surface area contributed by atoms with Gasteiger partial charge in [0.05, 0.1) is 11.4 Å².